The molecule has 1 saturated carbocycles. The van der Waals surface area contributed by atoms with Crippen molar-refractivity contribution in [2.75, 3.05) is 0 Å². The minimum absolute atomic E-state index is 0.0758. The van der Waals surface area contributed by atoms with Gasteiger partial charge in [0.15, 0.2) is 0 Å². The number of nitrogens with one attached hydrogen (secondary N) is 1. The molecule has 0 atom stereocenters. The topological polar surface area (TPSA) is 54.9 Å². The van der Waals surface area contributed by atoms with E-state index in [-0.39, 0.29) is 17.4 Å². The predicted octanol–water partition coefficient (Wildman–Crippen LogP) is 6.34. The van der Waals surface area contributed by atoms with Gasteiger partial charge in [0.05, 0.1) is 5.69 Å². The number of aromatic nitrogens is 2. The van der Waals surface area contributed by atoms with Crippen molar-refractivity contribution < 1.29 is 4.79 Å². The summed E-state index contributed by atoms with van der Waals surface area (Å²) < 4.78 is 0. The minimum atomic E-state index is -0.307. The Balaban J connectivity index is 1.82. The Morgan fingerprint density at radius 2 is 1.68 bits per heavy atom. The van der Waals surface area contributed by atoms with Gasteiger partial charge in [0.2, 0.25) is 0 Å². The highest BCUT2D eigenvalue weighted by Crippen LogP contribution is 2.40. The third-order valence-electron chi connectivity index (χ3n) is 5.58. The van der Waals surface area contributed by atoms with Crippen LogP contribution in [0.15, 0.2) is 55.0 Å². The van der Waals surface area contributed by atoms with Crippen LogP contribution in [0.4, 0.5) is 0 Å². The van der Waals surface area contributed by atoms with E-state index in [1.54, 1.807) is 6.33 Å². The van der Waals surface area contributed by atoms with E-state index in [1.165, 1.54) is 18.4 Å². The van der Waals surface area contributed by atoms with Gasteiger partial charge in [0.1, 0.15) is 6.33 Å². The summed E-state index contributed by atoms with van der Waals surface area (Å²) in [5.74, 6) is 0.906. The van der Waals surface area contributed by atoms with Gasteiger partial charge in [-0.2, -0.15) is 0 Å². The lowest BCUT2D eigenvalue weighted by Crippen LogP contribution is -2.40. The molecule has 3 aromatic rings. The van der Waals surface area contributed by atoms with Crippen LogP contribution in [0, 0.1) is 0 Å². The van der Waals surface area contributed by atoms with E-state index in [4.69, 9.17) is 0 Å². The van der Waals surface area contributed by atoms with Gasteiger partial charge in [-0.25, -0.2) is 9.97 Å². The van der Waals surface area contributed by atoms with Crippen LogP contribution in [0.2, 0.25) is 0 Å². The molecule has 1 heterocycles. The summed E-state index contributed by atoms with van der Waals surface area (Å²) in [6, 6.07) is 14.9. The minimum Gasteiger partial charge on any atom is -0.347 e. The summed E-state index contributed by atoms with van der Waals surface area (Å²) in [4.78, 5) is 21.8. The van der Waals surface area contributed by atoms with Crippen LogP contribution in [0.3, 0.4) is 0 Å². The number of benzene rings is 2. The first-order chi connectivity index (χ1) is 14.7. The Hall–Kier alpha value is -3.01. The summed E-state index contributed by atoms with van der Waals surface area (Å²) in [5, 5.41) is 3.09. The van der Waals surface area contributed by atoms with Gasteiger partial charge in [-0.1, -0.05) is 38.1 Å². The molecule has 160 valence electrons. The van der Waals surface area contributed by atoms with E-state index in [9.17, 15) is 4.79 Å². The zero-order chi connectivity index (χ0) is 22.2. The lowest BCUT2D eigenvalue weighted by Gasteiger charge is -2.21. The fourth-order valence-electron chi connectivity index (χ4n) is 3.88. The molecule has 4 heteroatoms. The summed E-state index contributed by atoms with van der Waals surface area (Å²) >= 11 is 0. The number of nitrogens with zero attached hydrogens (tertiary/aromatic N) is 2. The van der Waals surface area contributed by atoms with Gasteiger partial charge < -0.3 is 5.32 Å². The van der Waals surface area contributed by atoms with Gasteiger partial charge in [-0.05, 0) is 85.9 Å². The highest BCUT2D eigenvalue weighted by Gasteiger charge is 2.23. The van der Waals surface area contributed by atoms with Gasteiger partial charge in [-0.15, -0.1) is 0 Å². The Labute approximate surface area is 185 Å². The van der Waals surface area contributed by atoms with Crippen molar-refractivity contribution in [2.24, 2.45) is 0 Å². The zero-order valence-corrected chi connectivity index (χ0v) is 19.1. The average molecular weight is 414 g/mol. The maximum Gasteiger partial charge on any atom is 0.251 e. The van der Waals surface area contributed by atoms with E-state index >= 15 is 0 Å². The van der Waals surface area contributed by atoms with Crippen molar-refractivity contribution in [3.8, 4) is 22.3 Å². The normalized spacial score (nSPS) is 14.0. The largest absolute Gasteiger partial charge is 0.347 e. The molecule has 1 aliphatic carbocycles. The summed E-state index contributed by atoms with van der Waals surface area (Å²) in [7, 11) is 0. The van der Waals surface area contributed by atoms with Crippen molar-refractivity contribution >= 4 is 5.91 Å². The van der Waals surface area contributed by atoms with Crippen molar-refractivity contribution in [3.05, 3.63) is 71.8 Å². The molecule has 31 heavy (non-hydrogen) atoms. The predicted molar refractivity (Wildman–Crippen MR) is 126 cm³/mol. The van der Waals surface area contributed by atoms with Crippen LogP contribution in [0.25, 0.3) is 22.3 Å². The van der Waals surface area contributed by atoms with Crippen molar-refractivity contribution in [1.82, 2.24) is 15.3 Å². The molecule has 0 unspecified atom stereocenters. The molecule has 1 N–H and O–H groups in total. The van der Waals surface area contributed by atoms with Gasteiger partial charge in [-0.3, -0.25) is 4.79 Å². The second-order valence-electron chi connectivity index (χ2n) is 9.88. The van der Waals surface area contributed by atoms with Crippen LogP contribution in [0.1, 0.15) is 80.9 Å². The molecule has 4 rings (SSSR count). The molecule has 4 nitrogen and oxygen atoms in total. The van der Waals surface area contributed by atoms with Gasteiger partial charge >= 0.3 is 0 Å². The fraction of sp³-hybridized carbons (Fsp3) is 0.370. The van der Waals surface area contributed by atoms with Gasteiger partial charge in [0.25, 0.3) is 5.91 Å². The highest BCUT2D eigenvalue weighted by molar-refractivity contribution is 5.97. The summed E-state index contributed by atoms with van der Waals surface area (Å²) in [5.41, 5.74) is 6.80. The molecule has 1 aromatic heterocycles. The van der Waals surface area contributed by atoms with E-state index in [1.807, 2.05) is 39.1 Å². The number of amides is 1. The smallest absolute Gasteiger partial charge is 0.251 e. The monoisotopic (exact) mass is 413 g/mol. The van der Waals surface area contributed by atoms with Crippen molar-refractivity contribution in [1.29, 1.82) is 0 Å². The molecular formula is C27H31N3O. The second-order valence-corrected chi connectivity index (χ2v) is 9.88. The molecule has 0 aliphatic heterocycles. The number of carbonyl (C=O) groups excluding carboxylic acids is 1. The number of rotatable bonds is 5. The molecule has 0 radical (unpaired) electrons. The van der Waals surface area contributed by atoms with Crippen LogP contribution >= 0.6 is 0 Å². The van der Waals surface area contributed by atoms with Gasteiger partial charge in [0, 0.05) is 22.9 Å². The lowest BCUT2D eigenvalue weighted by molar-refractivity contribution is 0.0919. The lowest BCUT2D eigenvalue weighted by atomic mass is 9.92. The van der Waals surface area contributed by atoms with Crippen molar-refractivity contribution in [2.45, 2.75) is 64.8 Å². The Kier molecular flexibility index (Phi) is 5.65. The Morgan fingerprint density at radius 3 is 2.29 bits per heavy atom. The van der Waals surface area contributed by atoms with Crippen LogP contribution in [-0.4, -0.2) is 21.4 Å². The molecule has 0 spiro atoms. The molecule has 1 aliphatic rings. The molecule has 1 amide bonds. The van der Waals surface area contributed by atoms with Crippen LogP contribution in [0.5, 0.6) is 0 Å². The highest BCUT2D eigenvalue weighted by atomic mass is 16.1. The number of carbonyl (C=O) groups is 1. The van der Waals surface area contributed by atoms with E-state index in [0.29, 0.717) is 5.56 Å². The van der Waals surface area contributed by atoms with Crippen LogP contribution < -0.4 is 5.32 Å². The molecular weight excluding hydrogens is 382 g/mol. The molecule has 0 saturated heterocycles. The third kappa shape index (κ3) is 5.01. The number of hydrogen-bond acceptors (Lipinski definition) is 3. The maximum atomic E-state index is 13.1. The van der Waals surface area contributed by atoms with E-state index in [0.717, 1.165) is 33.9 Å². The van der Waals surface area contributed by atoms with E-state index < -0.39 is 0 Å². The fourth-order valence-corrected chi connectivity index (χ4v) is 3.88. The molecule has 1 fully saturated rings. The first-order valence-corrected chi connectivity index (χ1v) is 11.1. The van der Waals surface area contributed by atoms with E-state index in [2.05, 4.69) is 59.5 Å². The van der Waals surface area contributed by atoms with Crippen LogP contribution in [-0.2, 0) is 0 Å². The maximum absolute atomic E-state index is 13.1. The summed E-state index contributed by atoms with van der Waals surface area (Å²) in [6.07, 6.45) is 6.02. The summed E-state index contributed by atoms with van der Waals surface area (Å²) in [6.45, 7) is 10.2. The zero-order valence-electron chi connectivity index (χ0n) is 19.1. The first kappa shape index (κ1) is 21.2. The molecule has 0 bridgehead atoms. The standard InChI is InChI=1S/C27H31N3O/c1-17(2)25-24(15-28-16-29-25)22-12-21(13-23(14-22)26(31)30-27(3,4)5)20-10-8-19(9-11-20)18-6-7-18/h8-18H,6-7H2,1-5H3,(H,30,31). The first-order valence-electron chi connectivity index (χ1n) is 11.1. The Morgan fingerprint density at radius 1 is 1.00 bits per heavy atom. The Bertz CT molecular complexity index is 1090. The number of hydrogen-bond donors (Lipinski definition) is 1. The quantitative estimate of drug-likeness (QED) is 0.531. The average Bonchev–Trinajstić information content (AvgIpc) is 3.58. The SMILES string of the molecule is CC(C)c1ncncc1-c1cc(C(=O)NC(C)(C)C)cc(-c2ccc(C3CC3)cc2)c1. The molecule has 2 aromatic carbocycles. The van der Waals surface area contributed by atoms with Crippen molar-refractivity contribution in [3.63, 3.8) is 0 Å². The second kappa shape index (κ2) is 8.26. The third-order valence-corrected chi connectivity index (χ3v) is 5.58.